The van der Waals surface area contributed by atoms with Gasteiger partial charge in [0.2, 0.25) is 17.8 Å². The number of carbonyl (C=O) groups is 2. The highest BCUT2D eigenvalue weighted by Gasteiger charge is 2.35. The summed E-state index contributed by atoms with van der Waals surface area (Å²) in [5, 5.41) is 6.03. The molecule has 2 aliphatic heterocycles. The number of hydrogen-bond donors (Lipinski definition) is 3. The maximum absolute atomic E-state index is 12.9. The molecule has 3 heterocycles. The Morgan fingerprint density at radius 3 is 2.48 bits per heavy atom. The molecular formula is C19H19Cl2N5O3. The average Bonchev–Trinajstić information content (AvgIpc) is 2.66. The highest BCUT2D eigenvalue weighted by atomic mass is 35.5. The third kappa shape index (κ3) is 4.23. The average molecular weight is 436 g/mol. The lowest BCUT2D eigenvalue weighted by Crippen LogP contribution is -2.38. The highest BCUT2D eigenvalue weighted by Crippen LogP contribution is 2.31. The lowest BCUT2D eigenvalue weighted by Gasteiger charge is -2.29. The van der Waals surface area contributed by atoms with Gasteiger partial charge in [-0.2, -0.15) is 4.98 Å². The largest absolute Gasteiger partial charge is 0.342 e. The van der Waals surface area contributed by atoms with E-state index in [1.807, 2.05) is 4.90 Å². The Labute approximate surface area is 176 Å². The number of benzene rings is 1. The molecule has 1 saturated heterocycles. The second-order valence-corrected chi connectivity index (χ2v) is 8.02. The van der Waals surface area contributed by atoms with Gasteiger partial charge in [-0.25, -0.2) is 0 Å². The molecule has 1 fully saturated rings. The van der Waals surface area contributed by atoms with Gasteiger partial charge in [0, 0.05) is 35.2 Å². The maximum atomic E-state index is 12.9. The van der Waals surface area contributed by atoms with Crippen LogP contribution in [-0.2, 0) is 9.59 Å². The topological polar surface area (TPSA) is 107 Å². The van der Waals surface area contributed by atoms with Crippen molar-refractivity contribution in [2.75, 3.05) is 28.6 Å². The molecule has 152 valence electrons. The van der Waals surface area contributed by atoms with Gasteiger partial charge >= 0.3 is 0 Å². The molecule has 1 aromatic heterocycles. The Morgan fingerprint density at radius 2 is 1.79 bits per heavy atom. The van der Waals surface area contributed by atoms with Gasteiger partial charge in [0.1, 0.15) is 5.82 Å². The van der Waals surface area contributed by atoms with E-state index >= 15 is 0 Å². The first kappa shape index (κ1) is 19.7. The van der Waals surface area contributed by atoms with Crippen LogP contribution in [0.2, 0.25) is 10.0 Å². The fraction of sp³-hybridized carbons (Fsp3) is 0.368. The molecule has 3 N–H and O–H groups in total. The summed E-state index contributed by atoms with van der Waals surface area (Å²) in [4.78, 5) is 47.1. The van der Waals surface area contributed by atoms with E-state index in [1.54, 1.807) is 6.07 Å². The van der Waals surface area contributed by atoms with Crippen LogP contribution in [0.4, 0.5) is 17.5 Å². The van der Waals surface area contributed by atoms with Crippen LogP contribution in [0.15, 0.2) is 23.0 Å². The molecule has 29 heavy (non-hydrogen) atoms. The van der Waals surface area contributed by atoms with Crippen LogP contribution < -0.4 is 21.1 Å². The van der Waals surface area contributed by atoms with Gasteiger partial charge in [-0.1, -0.05) is 23.2 Å². The number of hydrogen-bond acceptors (Lipinski definition) is 5. The van der Waals surface area contributed by atoms with Crippen LogP contribution in [0.3, 0.4) is 0 Å². The third-order valence-electron chi connectivity index (χ3n) is 5.04. The Hall–Kier alpha value is -2.58. The second kappa shape index (κ2) is 8.04. The number of rotatable bonds is 3. The van der Waals surface area contributed by atoms with Crippen molar-refractivity contribution in [2.45, 2.75) is 31.6 Å². The standard InChI is InChI=1S/C19H19Cl2N5O3/c20-10-6-11(21)8-12(7-10)22-17(28)13-9-14(27)23-16-15(13)18(29)25-19(24-16)26-4-2-1-3-5-26/h6-8,13H,1-5,9H2,(H,22,28)(H2,23,24,25,27,29)/t13-/m0/s1. The number of fused-ring (bicyclic) bond motifs is 1. The molecule has 2 aromatic rings. The zero-order valence-electron chi connectivity index (χ0n) is 15.4. The molecule has 8 nitrogen and oxygen atoms in total. The Morgan fingerprint density at radius 1 is 1.10 bits per heavy atom. The highest BCUT2D eigenvalue weighted by molar-refractivity contribution is 6.35. The number of carbonyl (C=O) groups excluding carboxylic acids is 2. The smallest absolute Gasteiger partial charge is 0.258 e. The van der Waals surface area contributed by atoms with Crippen LogP contribution in [-0.4, -0.2) is 34.9 Å². The maximum Gasteiger partial charge on any atom is 0.258 e. The minimum absolute atomic E-state index is 0.134. The number of aromatic nitrogens is 2. The molecule has 0 spiro atoms. The molecule has 0 radical (unpaired) electrons. The monoisotopic (exact) mass is 435 g/mol. The predicted octanol–water partition coefficient (Wildman–Crippen LogP) is 3.13. The van der Waals surface area contributed by atoms with Crippen molar-refractivity contribution < 1.29 is 9.59 Å². The van der Waals surface area contributed by atoms with Crippen molar-refractivity contribution in [3.63, 3.8) is 0 Å². The summed E-state index contributed by atoms with van der Waals surface area (Å²) in [5.74, 6) is -1.30. The molecule has 0 bridgehead atoms. The van der Waals surface area contributed by atoms with Crippen molar-refractivity contribution in [1.82, 2.24) is 9.97 Å². The van der Waals surface area contributed by atoms with Crippen molar-refractivity contribution in [3.05, 3.63) is 44.2 Å². The van der Waals surface area contributed by atoms with Gasteiger partial charge in [-0.15, -0.1) is 0 Å². The molecule has 0 saturated carbocycles. The van der Waals surface area contributed by atoms with Crippen molar-refractivity contribution in [3.8, 4) is 0 Å². The van der Waals surface area contributed by atoms with Crippen molar-refractivity contribution in [1.29, 1.82) is 0 Å². The number of piperidine rings is 1. The summed E-state index contributed by atoms with van der Waals surface area (Å²) < 4.78 is 0. The normalized spacial score (nSPS) is 18.8. The van der Waals surface area contributed by atoms with Gasteiger partial charge < -0.3 is 15.5 Å². The number of nitrogens with one attached hydrogen (secondary N) is 3. The van der Waals surface area contributed by atoms with E-state index in [0.29, 0.717) is 21.7 Å². The molecule has 10 heteroatoms. The van der Waals surface area contributed by atoms with Gasteiger partial charge in [-0.05, 0) is 37.5 Å². The Kier molecular flexibility index (Phi) is 5.47. The van der Waals surface area contributed by atoms with Crippen LogP contribution in [0.1, 0.15) is 37.2 Å². The first-order valence-electron chi connectivity index (χ1n) is 9.36. The molecule has 1 aromatic carbocycles. The summed E-state index contributed by atoms with van der Waals surface area (Å²) in [7, 11) is 0. The summed E-state index contributed by atoms with van der Waals surface area (Å²) in [5.41, 5.74) is 0.102. The lowest BCUT2D eigenvalue weighted by molar-refractivity contribution is -0.123. The Balaban J connectivity index is 1.65. The number of nitrogens with zero attached hydrogens (tertiary/aromatic N) is 2. The van der Waals surface area contributed by atoms with E-state index < -0.39 is 17.4 Å². The zero-order valence-corrected chi connectivity index (χ0v) is 16.9. The quantitative estimate of drug-likeness (QED) is 0.686. The predicted molar refractivity (Wildman–Crippen MR) is 112 cm³/mol. The summed E-state index contributed by atoms with van der Waals surface area (Å²) in [6.45, 7) is 1.57. The van der Waals surface area contributed by atoms with E-state index in [0.717, 1.165) is 32.4 Å². The number of aromatic amines is 1. The summed E-state index contributed by atoms with van der Waals surface area (Å²) in [6, 6.07) is 4.62. The van der Waals surface area contributed by atoms with Crippen LogP contribution in [0.5, 0.6) is 0 Å². The van der Waals surface area contributed by atoms with E-state index in [-0.39, 0.29) is 23.7 Å². The van der Waals surface area contributed by atoms with Crippen LogP contribution in [0.25, 0.3) is 0 Å². The number of H-pyrrole nitrogens is 1. The van der Waals surface area contributed by atoms with Gasteiger partial charge in [-0.3, -0.25) is 19.4 Å². The molecule has 0 unspecified atom stereocenters. The van der Waals surface area contributed by atoms with Gasteiger partial charge in [0.15, 0.2) is 0 Å². The minimum atomic E-state index is -0.969. The summed E-state index contributed by atoms with van der Waals surface area (Å²) in [6.07, 6.45) is 3.01. The molecule has 2 amide bonds. The first-order chi connectivity index (χ1) is 13.9. The van der Waals surface area contributed by atoms with Crippen LogP contribution >= 0.6 is 23.2 Å². The van der Waals surface area contributed by atoms with E-state index in [9.17, 15) is 14.4 Å². The van der Waals surface area contributed by atoms with Crippen molar-refractivity contribution in [2.24, 2.45) is 0 Å². The molecule has 2 aliphatic rings. The summed E-state index contributed by atoms with van der Waals surface area (Å²) >= 11 is 11.9. The molecule has 0 aliphatic carbocycles. The second-order valence-electron chi connectivity index (χ2n) is 7.15. The minimum Gasteiger partial charge on any atom is -0.342 e. The van der Waals surface area contributed by atoms with Crippen molar-refractivity contribution >= 4 is 52.5 Å². The van der Waals surface area contributed by atoms with Gasteiger partial charge in [0.25, 0.3) is 5.56 Å². The van der Waals surface area contributed by atoms with Crippen LogP contribution in [0, 0.1) is 0 Å². The van der Waals surface area contributed by atoms with E-state index in [2.05, 4.69) is 20.6 Å². The molecule has 4 rings (SSSR count). The third-order valence-corrected chi connectivity index (χ3v) is 5.48. The lowest BCUT2D eigenvalue weighted by atomic mass is 9.92. The zero-order chi connectivity index (χ0) is 20.5. The van der Waals surface area contributed by atoms with Gasteiger partial charge in [0.05, 0.1) is 11.5 Å². The van der Waals surface area contributed by atoms with E-state index in [1.165, 1.54) is 12.1 Å². The molecule has 1 atom stereocenters. The number of amides is 2. The fourth-order valence-electron chi connectivity index (χ4n) is 3.69. The number of halogens is 2. The molecular weight excluding hydrogens is 417 g/mol. The first-order valence-corrected chi connectivity index (χ1v) is 10.1. The number of anilines is 3. The SMILES string of the molecule is O=C1C[C@H](C(=O)Nc2cc(Cl)cc(Cl)c2)c2c(nc(N3CCCCC3)[nH]c2=O)N1. The van der Waals surface area contributed by atoms with E-state index in [4.69, 9.17) is 23.2 Å². The fourth-order valence-corrected chi connectivity index (χ4v) is 4.22. The Bertz CT molecular complexity index is 1010.